The van der Waals surface area contributed by atoms with Gasteiger partial charge in [-0.3, -0.25) is 4.79 Å². The number of rotatable bonds is 2. The molecule has 0 spiro atoms. The van der Waals surface area contributed by atoms with E-state index in [-0.39, 0.29) is 5.91 Å². The van der Waals surface area contributed by atoms with Gasteiger partial charge in [-0.05, 0) is 43.9 Å². The Kier molecular flexibility index (Phi) is 3.67. The predicted octanol–water partition coefficient (Wildman–Crippen LogP) is 2.21. The summed E-state index contributed by atoms with van der Waals surface area (Å²) in [5.74, 6) is 0.238. The van der Waals surface area contributed by atoms with Crippen LogP contribution in [0.4, 0.5) is 5.69 Å². The second-order valence-corrected chi connectivity index (χ2v) is 4.85. The van der Waals surface area contributed by atoms with Crippen LogP contribution in [-0.2, 0) is 11.2 Å². The van der Waals surface area contributed by atoms with Crippen LogP contribution in [0.25, 0.3) is 0 Å². The van der Waals surface area contributed by atoms with Gasteiger partial charge in [0.05, 0.1) is 6.42 Å². The Morgan fingerprint density at radius 2 is 2.06 bits per heavy atom. The first-order chi connectivity index (χ1) is 8.16. The van der Waals surface area contributed by atoms with Crippen molar-refractivity contribution in [3.63, 3.8) is 0 Å². The van der Waals surface area contributed by atoms with E-state index in [9.17, 15) is 4.79 Å². The summed E-state index contributed by atoms with van der Waals surface area (Å²) in [5, 5.41) is 0. The molecule has 0 aliphatic carbocycles. The Labute approximate surface area is 103 Å². The van der Waals surface area contributed by atoms with E-state index < -0.39 is 0 Å². The number of carbonyl (C=O) groups is 1. The summed E-state index contributed by atoms with van der Waals surface area (Å²) in [5.41, 5.74) is 7.41. The highest BCUT2D eigenvalue weighted by molar-refractivity contribution is 5.79. The zero-order valence-electron chi connectivity index (χ0n) is 10.4. The molecule has 17 heavy (non-hydrogen) atoms. The van der Waals surface area contributed by atoms with Crippen LogP contribution in [0, 0.1) is 0 Å². The standard InChI is InChI=1S/C14H20N2O/c1-11-4-2-3-9-16(11)14(17)10-12-5-7-13(15)8-6-12/h5-8,11H,2-4,9-10,15H2,1H3/t11-/m1/s1. The number of nitrogens with two attached hydrogens (primary N) is 1. The van der Waals surface area contributed by atoms with Crippen LogP contribution >= 0.6 is 0 Å². The third-order valence-electron chi connectivity index (χ3n) is 3.46. The fourth-order valence-corrected chi connectivity index (χ4v) is 2.38. The molecule has 92 valence electrons. The van der Waals surface area contributed by atoms with E-state index in [1.54, 1.807) is 0 Å². The minimum atomic E-state index is 0.238. The normalized spacial score (nSPS) is 20.3. The molecular formula is C14H20N2O. The number of likely N-dealkylation sites (tertiary alicyclic amines) is 1. The lowest BCUT2D eigenvalue weighted by atomic mass is 10.0. The minimum absolute atomic E-state index is 0.238. The maximum atomic E-state index is 12.2. The SMILES string of the molecule is C[C@@H]1CCCCN1C(=O)Cc1ccc(N)cc1. The first-order valence-corrected chi connectivity index (χ1v) is 6.30. The van der Waals surface area contributed by atoms with Gasteiger partial charge in [0.1, 0.15) is 0 Å². The minimum Gasteiger partial charge on any atom is -0.399 e. The molecule has 0 bridgehead atoms. The average molecular weight is 232 g/mol. The number of amides is 1. The third-order valence-corrected chi connectivity index (χ3v) is 3.46. The highest BCUT2D eigenvalue weighted by Gasteiger charge is 2.22. The average Bonchev–Trinajstić information content (AvgIpc) is 2.32. The summed E-state index contributed by atoms with van der Waals surface area (Å²) in [6.45, 7) is 3.05. The van der Waals surface area contributed by atoms with E-state index >= 15 is 0 Å². The Morgan fingerprint density at radius 1 is 1.35 bits per heavy atom. The van der Waals surface area contributed by atoms with Crippen molar-refractivity contribution >= 4 is 11.6 Å². The van der Waals surface area contributed by atoms with E-state index in [1.165, 1.54) is 6.42 Å². The van der Waals surface area contributed by atoms with E-state index in [0.29, 0.717) is 12.5 Å². The molecule has 1 aromatic carbocycles. The first kappa shape index (κ1) is 12.0. The highest BCUT2D eigenvalue weighted by Crippen LogP contribution is 2.18. The second-order valence-electron chi connectivity index (χ2n) is 4.85. The van der Waals surface area contributed by atoms with Gasteiger partial charge < -0.3 is 10.6 Å². The summed E-state index contributed by atoms with van der Waals surface area (Å²) in [7, 11) is 0. The predicted molar refractivity (Wildman–Crippen MR) is 69.6 cm³/mol. The lowest BCUT2D eigenvalue weighted by Gasteiger charge is -2.33. The van der Waals surface area contributed by atoms with Gasteiger partial charge in [-0.2, -0.15) is 0 Å². The molecule has 2 rings (SSSR count). The van der Waals surface area contributed by atoms with E-state index in [0.717, 1.165) is 30.6 Å². The van der Waals surface area contributed by atoms with Crippen LogP contribution in [0.3, 0.4) is 0 Å². The second kappa shape index (κ2) is 5.21. The fraction of sp³-hybridized carbons (Fsp3) is 0.500. The topological polar surface area (TPSA) is 46.3 Å². The van der Waals surface area contributed by atoms with Crippen molar-refractivity contribution in [3.05, 3.63) is 29.8 Å². The molecule has 0 aromatic heterocycles. The number of nitrogens with zero attached hydrogens (tertiary/aromatic N) is 1. The first-order valence-electron chi connectivity index (χ1n) is 6.30. The van der Waals surface area contributed by atoms with E-state index in [1.807, 2.05) is 29.2 Å². The van der Waals surface area contributed by atoms with Crippen LogP contribution in [-0.4, -0.2) is 23.4 Å². The highest BCUT2D eigenvalue weighted by atomic mass is 16.2. The molecule has 1 aliphatic rings. The van der Waals surface area contributed by atoms with Crippen molar-refractivity contribution < 1.29 is 4.79 Å². The molecule has 0 radical (unpaired) electrons. The van der Waals surface area contributed by atoms with Gasteiger partial charge in [0.15, 0.2) is 0 Å². The number of hydrogen-bond acceptors (Lipinski definition) is 2. The van der Waals surface area contributed by atoms with Gasteiger partial charge in [-0.1, -0.05) is 12.1 Å². The Hall–Kier alpha value is -1.51. The summed E-state index contributed by atoms with van der Waals surface area (Å²) >= 11 is 0. The molecule has 1 aromatic rings. The van der Waals surface area contributed by atoms with Crippen LogP contribution < -0.4 is 5.73 Å². The summed E-state index contributed by atoms with van der Waals surface area (Å²) in [6, 6.07) is 7.96. The lowest BCUT2D eigenvalue weighted by Crippen LogP contribution is -2.42. The van der Waals surface area contributed by atoms with Crippen molar-refractivity contribution in [2.75, 3.05) is 12.3 Å². The van der Waals surface area contributed by atoms with Crippen molar-refractivity contribution in [1.29, 1.82) is 0 Å². The van der Waals surface area contributed by atoms with Gasteiger partial charge in [0.25, 0.3) is 0 Å². The van der Waals surface area contributed by atoms with Gasteiger partial charge in [0, 0.05) is 18.3 Å². The van der Waals surface area contributed by atoms with Crippen LogP contribution in [0.5, 0.6) is 0 Å². The molecule has 1 saturated heterocycles. The maximum absolute atomic E-state index is 12.2. The van der Waals surface area contributed by atoms with E-state index in [4.69, 9.17) is 5.73 Å². The number of nitrogen functional groups attached to an aromatic ring is 1. The number of anilines is 1. The van der Waals surface area contributed by atoms with Gasteiger partial charge in [-0.25, -0.2) is 0 Å². The lowest BCUT2D eigenvalue weighted by molar-refractivity contribution is -0.133. The summed E-state index contributed by atoms with van der Waals surface area (Å²) in [6.07, 6.45) is 4.00. The van der Waals surface area contributed by atoms with Crippen LogP contribution in [0.15, 0.2) is 24.3 Å². The zero-order chi connectivity index (χ0) is 12.3. The molecule has 0 unspecified atom stereocenters. The van der Waals surface area contributed by atoms with Gasteiger partial charge in [0.2, 0.25) is 5.91 Å². The van der Waals surface area contributed by atoms with Gasteiger partial charge in [-0.15, -0.1) is 0 Å². The molecule has 1 atom stereocenters. The van der Waals surface area contributed by atoms with E-state index in [2.05, 4.69) is 6.92 Å². The van der Waals surface area contributed by atoms with Crippen LogP contribution in [0.1, 0.15) is 31.7 Å². The number of benzene rings is 1. The largest absolute Gasteiger partial charge is 0.399 e. The van der Waals surface area contributed by atoms with Crippen molar-refractivity contribution in [1.82, 2.24) is 4.90 Å². The number of carbonyl (C=O) groups excluding carboxylic acids is 1. The molecule has 1 amide bonds. The number of hydrogen-bond donors (Lipinski definition) is 1. The molecule has 1 heterocycles. The van der Waals surface area contributed by atoms with Crippen molar-refractivity contribution in [3.8, 4) is 0 Å². The summed E-state index contributed by atoms with van der Waals surface area (Å²) in [4.78, 5) is 14.2. The maximum Gasteiger partial charge on any atom is 0.227 e. The molecule has 3 nitrogen and oxygen atoms in total. The zero-order valence-corrected chi connectivity index (χ0v) is 10.4. The molecule has 1 aliphatic heterocycles. The Bertz CT molecular complexity index is 386. The molecular weight excluding hydrogens is 212 g/mol. The molecule has 0 saturated carbocycles. The smallest absolute Gasteiger partial charge is 0.227 e. The van der Waals surface area contributed by atoms with Crippen molar-refractivity contribution in [2.24, 2.45) is 0 Å². The Morgan fingerprint density at radius 3 is 2.71 bits per heavy atom. The monoisotopic (exact) mass is 232 g/mol. The van der Waals surface area contributed by atoms with Crippen molar-refractivity contribution in [2.45, 2.75) is 38.6 Å². The fourth-order valence-electron chi connectivity index (χ4n) is 2.38. The number of piperidine rings is 1. The van der Waals surface area contributed by atoms with Crippen LogP contribution in [0.2, 0.25) is 0 Å². The summed E-state index contributed by atoms with van der Waals surface area (Å²) < 4.78 is 0. The molecule has 3 heteroatoms. The molecule has 1 fully saturated rings. The molecule has 2 N–H and O–H groups in total. The van der Waals surface area contributed by atoms with Gasteiger partial charge >= 0.3 is 0 Å². The quantitative estimate of drug-likeness (QED) is 0.795. The Balaban J connectivity index is 1.98. The third kappa shape index (κ3) is 2.99.